The Morgan fingerprint density at radius 2 is 1.77 bits per heavy atom. The Hall–Kier alpha value is -3.32. The molecule has 1 amide bonds. The van der Waals surface area contributed by atoms with Crippen LogP contribution >= 0.6 is 0 Å². The van der Waals surface area contributed by atoms with E-state index in [2.05, 4.69) is 27.7 Å². The number of hydrogen-bond donors (Lipinski definition) is 2. The molecular formula is C28H36N2O5. The van der Waals surface area contributed by atoms with Crippen molar-refractivity contribution in [1.29, 1.82) is 0 Å². The SMILES string of the molecule is CC[NH+](CC)CCN1C(=O)C(=O)C(=C([O-])c2ccc(OCC(C)C)c(C)c2)C1c1ccc(O)cc1. The Morgan fingerprint density at radius 3 is 2.34 bits per heavy atom. The van der Waals surface area contributed by atoms with Gasteiger partial charge in [0.2, 0.25) is 5.78 Å². The number of ketones is 1. The number of ether oxygens (including phenoxy) is 1. The van der Waals surface area contributed by atoms with Crippen LogP contribution in [0.4, 0.5) is 0 Å². The summed E-state index contributed by atoms with van der Waals surface area (Å²) < 4.78 is 5.82. The van der Waals surface area contributed by atoms with E-state index >= 15 is 0 Å². The number of carbonyl (C=O) groups excluding carboxylic acids is 2. The summed E-state index contributed by atoms with van der Waals surface area (Å²) in [6.45, 7) is 13.5. The molecule has 1 aliphatic rings. The Morgan fingerprint density at radius 1 is 1.11 bits per heavy atom. The van der Waals surface area contributed by atoms with E-state index in [9.17, 15) is 19.8 Å². The van der Waals surface area contributed by atoms with Gasteiger partial charge in [0.05, 0.1) is 38.8 Å². The molecule has 188 valence electrons. The lowest BCUT2D eigenvalue weighted by atomic mass is 9.94. The van der Waals surface area contributed by atoms with E-state index in [0.29, 0.717) is 42.5 Å². The minimum absolute atomic E-state index is 0.0505. The van der Waals surface area contributed by atoms with Gasteiger partial charge < -0.3 is 24.7 Å². The Bertz CT molecular complexity index is 1090. The third kappa shape index (κ3) is 5.85. The molecule has 1 heterocycles. The second-order valence-electron chi connectivity index (χ2n) is 9.46. The molecule has 0 radical (unpaired) electrons. The molecule has 7 nitrogen and oxygen atoms in total. The van der Waals surface area contributed by atoms with Crippen LogP contribution in [-0.2, 0) is 9.59 Å². The standard InChI is InChI=1S/C28H36N2O5/c1-6-29(7-2)14-15-30-25(20-8-11-22(31)12-9-20)24(27(33)28(30)34)26(32)21-10-13-23(19(5)16-21)35-17-18(3)4/h8-13,16,18,25,31-32H,6-7,14-15,17H2,1-5H3. The van der Waals surface area contributed by atoms with E-state index in [4.69, 9.17) is 4.74 Å². The number of phenols is 1. The van der Waals surface area contributed by atoms with E-state index in [1.165, 1.54) is 21.9 Å². The number of carbonyl (C=O) groups is 2. The average Bonchev–Trinajstić information content (AvgIpc) is 3.08. The molecule has 0 bridgehead atoms. The summed E-state index contributed by atoms with van der Waals surface area (Å²) in [7, 11) is 0. The first-order valence-corrected chi connectivity index (χ1v) is 12.3. The summed E-state index contributed by atoms with van der Waals surface area (Å²) in [4.78, 5) is 29.0. The molecule has 2 N–H and O–H groups in total. The number of nitrogens with one attached hydrogen (secondary N) is 1. The number of quaternary nitrogens is 1. The topological polar surface area (TPSA) is 94.3 Å². The van der Waals surface area contributed by atoms with Gasteiger partial charge in [-0.1, -0.05) is 37.8 Å². The predicted octanol–water partition coefficient (Wildman–Crippen LogP) is 1.88. The van der Waals surface area contributed by atoms with Gasteiger partial charge in [0.25, 0.3) is 5.91 Å². The zero-order valence-corrected chi connectivity index (χ0v) is 21.3. The number of hydrogen-bond acceptors (Lipinski definition) is 5. The Labute approximate surface area is 207 Å². The fraction of sp³-hybridized carbons (Fsp3) is 0.429. The van der Waals surface area contributed by atoms with Crippen LogP contribution in [0.25, 0.3) is 5.76 Å². The van der Waals surface area contributed by atoms with E-state index in [-0.39, 0.29) is 11.3 Å². The highest BCUT2D eigenvalue weighted by Crippen LogP contribution is 2.39. The van der Waals surface area contributed by atoms with Crippen LogP contribution in [0.15, 0.2) is 48.0 Å². The van der Waals surface area contributed by atoms with E-state index < -0.39 is 23.5 Å². The van der Waals surface area contributed by atoms with Gasteiger partial charge in [-0.25, -0.2) is 0 Å². The Kier molecular flexibility index (Phi) is 8.57. The van der Waals surface area contributed by atoms with Crippen LogP contribution in [0.3, 0.4) is 0 Å². The van der Waals surface area contributed by atoms with Crippen molar-refractivity contribution in [2.45, 2.75) is 40.7 Å². The van der Waals surface area contributed by atoms with Gasteiger partial charge in [-0.05, 0) is 67.6 Å². The van der Waals surface area contributed by atoms with Crippen molar-refractivity contribution >= 4 is 17.4 Å². The minimum atomic E-state index is -0.796. The van der Waals surface area contributed by atoms with Gasteiger partial charge in [-0.3, -0.25) is 9.59 Å². The lowest BCUT2D eigenvalue weighted by molar-refractivity contribution is -0.895. The van der Waals surface area contributed by atoms with Crippen molar-refractivity contribution in [3.63, 3.8) is 0 Å². The fourth-order valence-electron chi connectivity index (χ4n) is 4.35. The minimum Gasteiger partial charge on any atom is -0.872 e. The largest absolute Gasteiger partial charge is 0.872 e. The first kappa shape index (κ1) is 26.3. The molecule has 2 aromatic rings. The summed E-state index contributed by atoms with van der Waals surface area (Å²) in [6, 6.07) is 10.6. The molecule has 1 aliphatic heterocycles. The highest BCUT2D eigenvalue weighted by Gasteiger charge is 2.44. The van der Waals surface area contributed by atoms with Crippen molar-refractivity contribution in [2.75, 3.05) is 32.8 Å². The molecule has 1 atom stereocenters. The molecule has 0 saturated carbocycles. The average molecular weight is 481 g/mol. The maximum atomic E-state index is 13.6. The van der Waals surface area contributed by atoms with Gasteiger partial charge >= 0.3 is 0 Å². The summed E-state index contributed by atoms with van der Waals surface area (Å²) >= 11 is 0. The third-order valence-corrected chi connectivity index (χ3v) is 6.45. The molecule has 0 aliphatic carbocycles. The summed E-state index contributed by atoms with van der Waals surface area (Å²) in [5.41, 5.74) is 1.70. The van der Waals surface area contributed by atoms with Gasteiger partial charge in [0.1, 0.15) is 11.5 Å². The van der Waals surface area contributed by atoms with Crippen LogP contribution in [0.5, 0.6) is 11.5 Å². The second kappa shape index (κ2) is 11.4. The number of rotatable bonds is 10. The number of benzene rings is 2. The molecule has 2 aromatic carbocycles. The van der Waals surface area contributed by atoms with Crippen LogP contribution in [0.2, 0.25) is 0 Å². The van der Waals surface area contributed by atoms with E-state index in [1.807, 2.05) is 6.92 Å². The lowest BCUT2D eigenvalue weighted by Crippen LogP contribution is -3.12. The van der Waals surface area contributed by atoms with Crippen LogP contribution in [-0.4, -0.2) is 54.5 Å². The van der Waals surface area contributed by atoms with Crippen molar-refractivity contribution in [3.05, 3.63) is 64.7 Å². The normalized spacial score (nSPS) is 17.6. The number of phenolic OH excluding ortho intramolecular Hbond substituents is 1. The number of Topliss-reactive ketones (excluding diaryl/α,β-unsaturated/α-hetero) is 1. The van der Waals surface area contributed by atoms with Gasteiger partial charge in [0.15, 0.2) is 0 Å². The number of aromatic hydroxyl groups is 1. The highest BCUT2D eigenvalue weighted by molar-refractivity contribution is 6.46. The van der Waals surface area contributed by atoms with Crippen LogP contribution in [0, 0.1) is 12.8 Å². The van der Waals surface area contributed by atoms with Gasteiger partial charge in [-0.15, -0.1) is 0 Å². The highest BCUT2D eigenvalue weighted by atomic mass is 16.5. The molecule has 0 aromatic heterocycles. The molecule has 3 rings (SSSR count). The maximum absolute atomic E-state index is 13.6. The van der Waals surface area contributed by atoms with Gasteiger partial charge in [0, 0.05) is 5.57 Å². The van der Waals surface area contributed by atoms with Crippen molar-refractivity contribution in [3.8, 4) is 11.5 Å². The number of amides is 1. The quantitative estimate of drug-likeness (QED) is 0.308. The predicted molar refractivity (Wildman–Crippen MR) is 133 cm³/mol. The smallest absolute Gasteiger partial charge is 0.295 e. The Balaban J connectivity index is 2.04. The van der Waals surface area contributed by atoms with Crippen molar-refractivity contribution < 1.29 is 29.4 Å². The first-order valence-electron chi connectivity index (χ1n) is 12.3. The second-order valence-corrected chi connectivity index (χ2v) is 9.46. The zero-order chi connectivity index (χ0) is 25.7. The monoisotopic (exact) mass is 480 g/mol. The first-order chi connectivity index (χ1) is 16.7. The fourth-order valence-corrected chi connectivity index (χ4v) is 4.35. The number of nitrogens with zero attached hydrogens (tertiary/aromatic N) is 1. The third-order valence-electron chi connectivity index (χ3n) is 6.45. The van der Waals surface area contributed by atoms with Gasteiger partial charge in [-0.2, -0.15) is 0 Å². The van der Waals surface area contributed by atoms with Crippen LogP contribution < -0.4 is 14.7 Å². The van der Waals surface area contributed by atoms with Crippen molar-refractivity contribution in [1.82, 2.24) is 4.90 Å². The summed E-state index contributed by atoms with van der Waals surface area (Å²) in [5, 5.41) is 23.4. The van der Waals surface area contributed by atoms with Crippen LogP contribution in [0.1, 0.15) is 50.4 Å². The molecule has 1 fully saturated rings. The molecule has 7 heteroatoms. The number of likely N-dealkylation sites (tertiary alicyclic amines) is 1. The maximum Gasteiger partial charge on any atom is 0.295 e. The number of aryl methyl sites for hydroxylation is 1. The molecule has 0 spiro atoms. The molecule has 1 saturated heterocycles. The van der Waals surface area contributed by atoms with Crippen molar-refractivity contribution in [2.24, 2.45) is 5.92 Å². The van der Waals surface area contributed by atoms with E-state index in [1.54, 1.807) is 30.3 Å². The van der Waals surface area contributed by atoms with E-state index in [0.717, 1.165) is 18.7 Å². The number of likely N-dealkylation sites (N-methyl/N-ethyl adjacent to an activating group) is 1. The summed E-state index contributed by atoms with van der Waals surface area (Å²) in [5.74, 6) is -0.759. The molecular weight excluding hydrogens is 444 g/mol. The molecule has 35 heavy (non-hydrogen) atoms. The lowest BCUT2D eigenvalue weighted by Gasteiger charge is -2.28. The summed E-state index contributed by atoms with van der Waals surface area (Å²) in [6.07, 6.45) is 0. The zero-order valence-electron chi connectivity index (χ0n) is 21.3. The molecule has 1 unspecified atom stereocenters.